The Morgan fingerprint density at radius 2 is 1.64 bits per heavy atom. The van der Waals surface area contributed by atoms with Crippen LogP contribution >= 0.6 is 11.3 Å². The van der Waals surface area contributed by atoms with E-state index in [4.69, 9.17) is 0 Å². The van der Waals surface area contributed by atoms with E-state index in [9.17, 15) is 14.7 Å². The van der Waals surface area contributed by atoms with Crippen LogP contribution in [-0.2, 0) is 23.1 Å². The van der Waals surface area contributed by atoms with Gasteiger partial charge in [0.05, 0.1) is 4.88 Å². The van der Waals surface area contributed by atoms with Crippen molar-refractivity contribution in [2.45, 2.75) is 83.6 Å². The summed E-state index contributed by atoms with van der Waals surface area (Å²) in [5, 5.41) is 12.5. The van der Waals surface area contributed by atoms with Crippen molar-refractivity contribution >= 4 is 28.8 Å². The average Bonchev–Trinajstić information content (AvgIpc) is 3.54. The summed E-state index contributed by atoms with van der Waals surface area (Å²) in [7, 11) is 0. The summed E-state index contributed by atoms with van der Waals surface area (Å²) in [4.78, 5) is 35.6. The molecule has 2 aromatic heterocycles. The number of nitrogens with one attached hydrogen (secondary N) is 1. The Bertz CT molecular complexity index is 1610. The second kappa shape index (κ2) is 13.7. The molecule has 2 aromatic carbocycles. The van der Waals surface area contributed by atoms with Crippen molar-refractivity contribution in [1.82, 2.24) is 15.3 Å². The molecule has 0 aliphatic heterocycles. The van der Waals surface area contributed by atoms with Gasteiger partial charge in [-0.2, -0.15) is 0 Å². The van der Waals surface area contributed by atoms with Gasteiger partial charge in [0.2, 0.25) is 0 Å². The minimum absolute atomic E-state index is 0.0702. The van der Waals surface area contributed by atoms with Gasteiger partial charge in [-0.05, 0) is 71.4 Å². The van der Waals surface area contributed by atoms with Crippen LogP contribution in [0.2, 0.25) is 0 Å². The molecule has 228 valence electrons. The van der Waals surface area contributed by atoms with E-state index >= 15 is 0 Å². The second-order valence-electron chi connectivity index (χ2n) is 12.7. The summed E-state index contributed by atoms with van der Waals surface area (Å²) in [5.41, 5.74) is 6.78. The van der Waals surface area contributed by atoms with Crippen molar-refractivity contribution in [1.29, 1.82) is 0 Å². The Morgan fingerprint density at radius 3 is 2.20 bits per heavy atom. The summed E-state index contributed by atoms with van der Waals surface area (Å²) in [5.74, 6) is -0.258. The summed E-state index contributed by atoms with van der Waals surface area (Å²) in [6, 6.07) is 19.3. The topological polar surface area (TPSA) is 92.2 Å². The first-order valence-corrected chi connectivity index (χ1v) is 16.3. The fraction of sp³-hybridized carbons (Fsp3) is 0.351. The molecular formula is C37H41N3O3S. The highest BCUT2D eigenvalue weighted by Gasteiger charge is 2.24. The van der Waals surface area contributed by atoms with Gasteiger partial charge in [0.25, 0.3) is 5.91 Å². The largest absolute Gasteiger partial charge is 0.480 e. The zero-order chi connectivity index (χ0) is 31.3. The van der Waals surface area contributed by atoms with Crippen LogP contribution in [0.1, 0.15) is 96.1 Å². The van der Waals surface area contributed by atoms with Gasteiger partial charge in [-0.15, -0.1) is 11.3 Å². The van der Waals surface area contributed by atoms with Crippen molar-refractivity contribution in [3.05, 3.63) is 111 Å². The highest BCUT2D eigenvalue weighted by molar-refractivity contribution is 7.14. The molecule has 1 aliphatic carbocycles. The number of carboxylic acid groups (broad SMARTS) is 1. The summed E-state index contributed by atoms with van der Waals surface area (Å²) >= 11 is 1.40. The van der Waals surface area contributed by atoms with Gasteiger partial charge in [-0.1, -0.05) is 88.7 Å². The predicted octanol–water partition coefficient (Wildman–Crippen LogP) is 8.23. The van der Waals surface area contributed by atoms with Crippen molar-refractivity contribution in [3.63, 3.8) is 0 Å². The molecule has 0 fully saturated rings. The third-order valence-electron chi connectivity index (χ3n) is 8.25. The number of hydrogen-bond donors (Lipinski definition) is 2. The van der Waals surface area contributed by atoms with Crippen molar-refractivity contribution in [3.8, 4) is 11.4 Å². The Kier molecular flexibility index (Phi) is 9.74. The molecule has 0 spiro atoms. The van der Waals surface area contributed by atoms with E-state index in [-0.39, 0.29) is 17.7 Å². The minimum atomic E-state index is -1.07. The van der Waals surface area contributed by atoms with Crippen molar-refractivity contribution in [2.24, 2.45) is 0 Å². The first-order valence-electron chi connectivity index (χ1n) is 15.4. The first kappa shape index (κ1) is 31.3. The summed E-state index contributed by atoms with van der Waals surface area (Å²) in [6.45, 7) is 8.47. The molecular weight excluding hydrogens is 566 g/mol. The van der Waals surface area contributed by atoms with Gasteiger partial charge in [0.1, 0.15) is 6.04 Å². The molecule has 2 atom stereocenters. The standard InChI is InChI=1S/C37H41N3O3S/c1-5-6-24-7-11-26(12-8-24)27-15-17-28(18-16-27)30-22-38-34(39-23-30)29-13-9-25(10-14-29)21-31(36(42)43)40-35(41)32-19-20-33(44-32)37(2,3)4/h7-14,17,19-20,22-23,27,31H,5-6,15-16,18,21H2,1-4H3,(H,40,41)(H,42,43)/t27?,31-/m0/s1. The molecule has 1 unspecified atom stereocenters. The minimum Gasteiger partial charge on any atom is -0.480 e. The quantitative estimate of drug-likeness (QED) is 0.189. The molecule has 2 N–H and O–H groups in total. The van der Waals surface area contributed by atoms with Crippen LogP contribution in [0.15, 0.2) is 79.1 Å². The highest BCUT2D eigenvalue weighted by Crippen LogP contribution is 2.36. The lowest BCUT2D eigenvalue weighted by atomic mass is 9.83. The number of carboxylic acids is 1. The molecule has 2 heterocycles. The SMILES string of the molecule is CCCc1ccc(C2CC=C(c3cnc(-c4ccc(C[C@H](NC(=O)c5ccc(C(C)(C)C)s5)C(=O)O)cc4)nc3)CC2)cc1. The van der Waals surface area contributed by atoms with E-state index in [0.717, 1.165) is 47.3 Å². The second-order valence-corrected chi connectivity index (χ2v) is 13.8. The van der Waals surface area contributed by atoms with Crippen molar-refractivity contribution in [2.75, 3.05) is 0 Å². The molecule has 0 saturated heterocycles. The van der Waals surface area contributed by atoms with Crippen LogP contribution in [-0.4, -0.2) is 33.0 Å². The number of nitrogens with zero attached hydrogens (tertiary/aromatic N) is 2. The Labute approximate surface area is 264 Å². The zero-order valence-corrected chi connectivity index (χ0v) is 26.8. The van der Waals surface area contributed by atoms with Gasteiger partial charge in [0.15, 0.2) is 5.82 Å². The number of carbonyl (C=O) groups is 2. The summed E-state index contributed by atoms with van der Waals surface area (Å²) < 4.78 is 0. The third-order valence-corrected chi connectivity index (χ3v) is 9.76. The number of benzene rings is 2. The molecule has 44 heavy (non-hydrogen) atoms. The maximum atomic E-state index is 12.8. The van der Waals surface area contributed by atoms with E-state index in [2.05, 4.69) is 73.3 Å². The van der Waals surface area contributed by atoms with E-state index in [0.29, 0.717) is 16.6 Å². The number of allylic oxidation sites excluding steroid dienone is 2. The number of thiophene rings is 1. The van der Waals surface area contributed by atoms with Gasteiger partial charge < -0.3 is 10.4 Å². The third kappa shape index (κ3) is 7.69. The lowest BCUT2D eigenvalue weighted by Crippen LogP contribution is -2.42. The van der Waals surface area contributed by atoms with Gasteiger partial charge in [-0.3, -0.25) is 4.79 Å². The maximum absolute atomic E-state index is 12.8. The molecule has 0 bridgehead atoms. The van der Waals surface area contributed by atoms with Crippen LogP contribution in [0, 0.1) is 0 Å². The van der Waals surface area contributed by atoms with Crippen LogP contribution in [0.4, 0.5) is 0 Å². The monoisotopic (exact) mass is 607 g/mol. The molecule has 1 aliphatic rings. The lowest BCUT2D eigenvalue weighted by Gasteiger charge is -2.22. The normalized spacial score (nSPS) is 15.8. The number of aliphatic carboxylic acids is 1. The smallest absolute Gasteiger partial charge is 0.326 e. The number of amides is 1. The molecule has 0 radical (unpaired) electrons. The van der Waals surface area contributed by atoms with Crippen molar-refractivity contribution < 1.29 is 14.7 Å². The number of hydrogen-bond acceptors (Lipinski definition) is 5. The maximum Gasteiger partial charge on any atom is 0.326 e. The number of aryl methyl sites for hydroxylation is 1. The fourth-order valence-corrected chi connectivity index (χ4v) is 6.57. The van der Waals surface area contributed by atoms with Crippen LogP contribution in [0.3, 0.4) is 0 Å². The number of rotatable bonds is 10. The molecule has 6 nitrogen and oxygen atoms in total. The van der Waals surface area contributed by atoms with Gasteiger partial charge in [0, 0.05) is 34.8 Å². The van der Waals surface area contributed by atoms with E-state index in [1.807, 2.05) is 42.7 Å². The molecule has 4 aromatic rings. The lowest BCUT2D eigenvalue weighted by molar-refractivity contribution is -0.139. The molecule has 7 heteroatoms. The van der Waals surface area contributed by atoms with Crippen LogP contribution < -0.4 is 5.32 Å². The van der Waals surface area contributed by atoms with Crippen LogP contribution in [0.5, 0.6) is 0 Å². The number of aromatic nitrogens is 2. The van der Waals surface area contributed by atoms with E-state index in [1.165, 1.54) is 34.5 Å². The first-order chi connectivity index (χ1) is 21.1. The Balaban J connectivity index is 1.18. The highest BCUT2D eigenvalue weighted by atomic mass is 32.1. The summed E-state index contributed by atoms with van der Waals surface area (Å²) in [6.07, 6.45) is 11.8. The van der Waals surface area contributed by atoms with Gasteiger partial charge in [-0.25, -0.2) is 14.8 Å². The number of carbonyl (C=O) groups excluding carboxylic acids is 1. The fourth-order valence-electron chi connectivity index (χ4n) is 5.61. The van der Waals surface area contributed by atoms with E-state index in [1.54, 1.807) is 6.07 Å². The molecule has 5 rings (SSSR count). The molecule has 1 amide bonds. The Morgan fingerprint density at radius 1 is 0.955 bits per heavy atom. The average molecular weight is 608 g/mol. The Hall–Kier alpha value is -4.10. The molecule has 0 saturated carbocycles. The van der Waals surface area contributed by atoms with E-state index < -0.39 is 12.0 Å². The van der Waals surface area contributed by atoms with Crippen LogP contribution in [0.25, 0.3) is 17.0 Å². The predicted molar refractivity (Wildman–Crippen MR) is 178 cm³/mol. The zero-order valence-electron chi connectivity index (χ0n) is 26.0. The van der Waals surface area contributed by atoms with Gasteiger partial charge >= 0.3 is 5.97 Å².